The molecule has 1 aliphatic rings. The van der Waals surface area contributed by atoms with Gasteiger partial charge in [0.2, 0.25) is 0 Å². The standard InChI is InChI=1S/C18H28N2O4S/c1-6-25(22,23)15-14(13-9-7-12(2)8-10-13)18(15,11-19)20-16(21)24-17(3,4)5/h7-10,14-15H,6,11,19H2,1-5H3,(H,20,21)/t14-,15+,18-/m1/s1. The number of sulfone groups is 1. The first kappa shape index (κ1) is 19.7. The number of carbonyl (C=O) groups excluding carboxylic acids is 1. The molecule has 3 N–H and O–H groups in total. The first-order chi connectivity index (χ1) is 11.5. The number of hydrogen-bond donors (Lipinski definition) is 2. The predicted molar refractivity (Wildman–Crippen MR) is 98.3 cm³/mol. The van der Waals surface area contributed by atoms with Crippen LogP contribution in [0.1, 0.15) is 44.7 Å². The fraction of sp³-hybridized carbons (Fsp3) is 0.611. The molecule has 140 valence electrons. The lowest BCUT2D eigenvalue weighted by atomic mass is 10.0. The van der Waals surface area contributed by atoms with Crippen LogP contribution in [0, 0.1) is 6.92 Å². The van der Waals surface area contributed by atoms with E-state index in [1.165, 1.54) is 0 Å². The number of ether oxygens (including phenoxy) is 1. The van der Waals surface area contributed by atoms with E-state index in [2.05, 4.69) is 5.32 Å². The van der Waals surface area contributed by atoms with Gasteiger partial charge < -0.3 is 15.8 Å². The zero-order valence-corrected chi connectivity index (χ0v) is 16.3. The number of nitrogens with one attached hydrogen (secondary N) is 1. The lowest BCUT2D eigenvalue weighted by Gasteiger charge is -2.24. The number of alkyl carbamates (subject to hydrolysis) is 1. The number of amides is 1. The van der Waals surface area contributed by atoms with Gasteiger partial charge in [0.15, 0.2) is 9.84 Å². The van der Waals surface area contributed by atoms with Crippen molar-refractivity contribution in [1.29, 1.82) is 0 Å². The Morgan fingerprint density at radius 1 is 1.28 bits per heavy atom. The van der Waals surface area contributed by atoms with Gasteiger partial charge in [-0.3, -0.25) is 0 Å². The highest BCUT2D eigenvalue weighted by Crippen LogP contribution is 2.55. The monoisotopic (exact) mass is 368 g/mol. The first-order valence-electron chi connectivity index (χ1n) is 8.46. The normalized spacial score (nSPS) is 26.2. The molecule has 0 spiro atoms. The number of nitrogens with two attached hydrogens (primary N) is 1. The average Bonchev–Trinajstić information content (AvgIpc) is 3.15. The number of benzene rings is 1. The molecule has 1 aromatic carbocycles. The highest BCUT2D eigenvalue weighted by atomic mass is 32.2. The number of carbonyl (C=O) groups is 1. The predicted octanol–water partition coefficient (Wildman–Crippen LogP) is 2.12. The molecule has 1 aliphatic carbocycles. The van der Waals surface area contributed by atoms with Gasteiger partial charge in [-0.2, -0.15) is 0 Å². The number of hydrogen-bond acceptors (Lipinski definition) is 5. The van der Waals surface area contributed by atoms with Gasteiger partial charge in [-0.1, -0.05) is 36.8 Å². The third-order valence-electron chi connectivity index (χ3n) is 4.55. The van der Waals surface area contributed by atoms with Gasteiger partial charge in [0, 0.05) is 18.2 Å². The molecule has 1 amide bonds. The molecule has 25 heavy (non-hydrogen) atoms. The van der Waals surface area contributed by atoms with E-state index in [1.807, 2.05) is 31.2 Å². The second-order valence-corrected chi connectivity index (χ2v) is 10.0. The Balaban J connectivity index is 2.38. The molecule has 0 unspecified atom stereocenters. The molecule has 0 saturated heterocycles. The van der Waals surface area contributed by atoms with Gasteiger partial charge in [-0.15, -0.1) is 0 Å². The van der Waals surface area contributed by atoms with Crippen LogP contribution in [0.2, 0.25) is 0 Å². The maximum Gasteiger partial charge on any atom is 0.408 e. The Labute approximate surface area is 150 Å². The van der Waals surface area contributed by atoms with E-state index in [1.54, 1.807) is 27.7 Å². The molecule has 1 saturated carbocycles. The van der Waals surface area contributed by atoms with Crippen LogP contribution in [-0.2, 0) is 14.6 Å². The van der Waals surface area contributed by atoms with Crippen molar-refractivity contribution in [2.45, 2.75) is 56.9 Å². The summed E-state index contributed by atoms with van der Waals surface area (Å²) < 4.78 is 30.5. The Hall–Kier alpha value is -1.60. The van der Waals surface area contributed by atoms with Crippen molar-refractivity contribution in [2.24, 2.45) is 5.73 Å². The van der Waals surface area contributed by atoms with Crippen LogP contribution >= 0.6 is 0 Å². The van der Waals surface area contributed by atoms with E-state index in [0.29, 0.717) is 0 Å². The van der Waals surface area contributed by atoms with Crippen molar-refractivity contribution in [3.63, 3.8) is 0 Å². The van der Waals surface area contributed by atoms with Crippen LogP contribution in [0.3, 0.4) is 0 Å². The molecule has 1 fully saturated rings. The van der Waals surface area contributed by atoms with Gasteiger partial charge in [0.1, 0.15) is 5.60 Å². The molecule has 0 heterocycles. The quantitative estimate of drug-likeness (QED) is 0.829. The molecular formula is C18H28N2O4S. The van der Waals surface area contributed by atoms with Crippen molar-refractivity contribution < 1.29 is 17.9 Å². The maximum atomic E-state index is 12.6. The Bertz CT molecular complexity index is 737. The van der Waals surface area contributed by atoms with E-state index >= 15 is 0 Å². The van der Waals surface area contributed by atoms with Gasteiger partial charge in [0.25, 0.3) is 0 Å². The van der Waals surface area contributed by atoms with Crippen LogP contribution in [0.4, 0.5) is 4.79 Å². The zero-order valence-electron chi connectivity index (χ0n) is 15.5. The summed E-state index contributed by atoms with van der Waals surface area (Å²) in [6.07, 6.45) is -0.649. The first-order valence-corrected chi connectivity index (χ1v) is 10.2. The Kier molecular flexibility index (Phi) is 5.21. The minimum atomic E-state index is -3.39. The molecule has 6 nitrogen and oxygen atoms in total. The topological polar surface area (TPSA) is 98.5 Å². The second-order valence-electron chi connectivity index (χ2n) is 7.63. The van der Waals surface area contributed by atoms with Crippen LogP contribution in [-0.4, -0.2) is 43.2 Å². The lowest BCUT2D eigenvalue weighted by Crippen LogP contribution is -2.49. The Morgan fingerprint density at radius 3 is 2.28 bits per heavy atom. The van der Waals surface area contributed by atoms with Crippen molar-refractivity contribution >= 4 is 15.9 Å². The summed E-state index contributed by atoms with van der Waals surface area (Å²) in [5.41, 5.74) is 6.17. The maximum absolute atomic E-state index is 12.6. The molecule has 0 bridgehead atoms. The highest BCUT2D eigenvalue weighted by Gasteiger charge is 2.71. The summed E-state index contributed by atoms with van der Waals surface area (Å²) in [5.74, 6) is -0.381. The molecular weight excluding hydrogens is 340 g/mol. The van der Waals surface area contributed by atoms with E-state index in [0.717, 1.165) is 11.1 Å². The molecule has 2 rings (SSSR count). The van der Waals surface area contributed by atoms with Gasteiger partial charge in [0.05, 0.1) is 10.8 Å². The number of rotatable bonds is 5. The van der Waals surface area contributed by atoms with Crippen molar-refractivity contribution in [1.82, 2.24) is 5.32 Å². The van der Waals surface area contributed by atoms with E-state index in [-0.39, 0.29) is 18.2 Å². The smallest absolute Gasteiger partial charge is 0.408 e. The van der Waals surface area contributed by atoms with Crippen LogP contribution in [0.5, 0.6) is 0 Å². The molecule has 0 radical (unpaired) electrons. The lowest BCUT2D eigenvalue weighted by molar-refractivity contribution is 0.0497. The van der Waals surface area contributed by atoms with E-state index < -0.39 is 32.3 Å². The molecule has 1 aromatic rings. The van der Waals surface area contributed by atoms with Crippen molar-refractivity contribution in [2.75, 3.05) is 12.3 Å². The van der Waals surface area contributed by atoms with Gasteiger partial charge in [-0.25, -0.2) is 13.2 Å². The van der Waals surface area contributed by atoms with Crippen molar-refractivity contribution in [3.05, 3.63) is 35.4 Å². The molecule has 0 aliphatic heterocycles. The van der Waals surface area contributed by atoms with Crippen LogP contribution in [0.15, 0.2) is 24.3 Å². The molecule has 3 atom stereocenters. The van der Waals surface area contributed by atoms with E-state index in [9.17, 15) is 13.2 Å². The molecule has 7 heteroatoms. The summed E-state index contributed by atoms with van der Waals surface area (Å²) in [5, 5.41) is 2.02. The fourth-order valence-electron chi connectivity index (χ4n) is 3.29. The third-order valence-corrected chi connectivity index (χ3v) is 6.82. The summed E-state index contributed by atoms with van der Waals surface area (Å²) >= 11 is 0. The zero-order chi connectivity index (χ0) is 19.0. The molecule has 0 aromatic heterocycles. The third kappa shape index (κ3) is 3.98. The minimum absolute atomic E-state index is 0.00221. The summed E-state index contributed by atoms with van der Waals surface area (Å²) in [4.78, 5) is 12.3. The van der Waals surface area contributed by atoms with E-state index in [4.69, 9.17) is 10.5 Å². The summed E-state index contributed by atoms with van der Waals surface area (Å²) in [6, 6.07) is 7.65. The van der Waals surface area contributed by atoms with Gasteiger partial charge in [-0.05, 0) is 33.3 Å². The van der Waals surface area contributed by atoms with Gasteiger partial charge >= 0.3 is 6.09 Å². The fourth-order valence-corrected chi connectivity index (χ4v) is 5.33. The second kappa shape index (κ2) is 6.61. The van der Waals surface area contributed by atoms with Crippen molar-refractivity contribution in [3.8, 4) is 0 Å². The minimum Gasteiger partial charge on any atom is -0.444 e. The van der Waals surface area contributed by atoms with Crippen LogP contribution < -0.4 is 11.1 Å². The Morgan fingerprint density at radius 2 is 1.84 bits per heavy atom. The number of aryl methyl sites for hydroxylation is 1. The SMILES string of the molecule is CCS(=O)(=O)[C@H]1[C@@H](c2ccc(C)cc2)[C@@]1(CN)NC(=O)OC(C)(C)C. The van der Waals surface area contributed by atoms with Crippen LogP contribution in [0.25, 0.3) is 0 Å². The summed E-state index contributed by atoms with van der Waals surface area (Å²) in [7, 11) is -3.39. The average molecular weight is 368 g/mol. The largest absolute Gasteiger partial charge is 0.444 e. The highest BCUT2D eigenvalue weighted by molar-refractivity contribution is 7.92. The summed E-state index contributed by atoms with van der Waals surface area (Å²) in [6.45, 7) is 8.86.